The molecule has 3 aromatic heterocycles. The fourth-order valence-electron chi connectivity index (χ4n) is 6.00. The largest absolute Gasteiger partial charge is 0.455 e. The Kier molecular flexibility index (Phi) is 3.28. The van der Waals surface area contributed by atoms with Crippen LogP contribution in [0.3, 0.4) is 0 Å². The molecule has 5 heteroatoms. The highest BCUT2D eigenvalue weighted by Crippen LogP contribution is 2.47. The first kappa shape index (κ1) is 13.8. The van der Waals surface area contributed by atoms with Gasteiger partial charge in [-0.3, -0.25) is 0 Å². The molecular weight excluding hydrogens is 703 g/mol. The van der Waals surface area contributed by atoms with Crippen molar-refractivity contribution in [3.05, 3.63) is 187 Å². The number of thiophene rings is 1. The lowest BCUT2D eigenvalue weighted by Crippen LogP contribution is -2.00. The Morgan fingerprint density at radius 3 is 1.50 bits per heavy atom. The van der Waals surface area contributed by atoms with Crippen LogP contribution in [0.5, 0.6) is 0 Å². The van der Waals surface area contributed by atoms with Crippen molar-refractivity contribution in [2.45, 2.75) is 0 Å². The molecule has 0 saturated carbocycles. The number of furan rings is 1. The average Bonchev–Trinajstić information content (AvgIpc) is 1.64. The first-order valence-corrected chi connectivity index (χ1v) is 17.0. The predicted octanol–water partition coefficient (Wildman–Crippen LogP) is 14.1. The number of para-hydroxylation sites is 1. The summed E-state index contributed by atoms with van der Waals surface area (Å²) >= 11 is 0.500. The van der Waals surface area contributed by atoms with E-state index in [0.29, 0.717) is 11.3 Å². The van der Waals surface area contributed by atoms with Gasteiger partial charge >= 0.3 is 0 Å². The Balaban J connectivity index is 1.30. The first-order chi connectivity index (χ1) is 40.6. The summed E-state index contributed by atoms with van der Waals surface area (Å²) in [6, 6.07) is -28.1. The number of aromatic nitrogens is 3. The Morgan fingerprint density at radius 2 is 0.839 bits per heavy atom. The van der Waals surface area contributed by atoms with Gasteiger partial charge in [-0.1, -0.05) is 169 Å². The molecule has 11 aromatic rings. The molecule has 0 atom stereocenters. The molecule has 4 nitrogen and oxygen atoms in total. The summed E-state index contributed by atoms with van der Waals surface area (Å²) in [4.78, 5) is 13.1. The van der Waals surface area contributed by atoms with Crippen molar-refractivity contribution in [2.75, 3.05) is 0 Å². The Morgan fingerprint density at radius 1 is 0.357 bits per heavy atom. The molecule has 0 aliphatic rings. The molecule has 56 heavy (non-hydrogen) atoms. The van der Waals surface area contributed by atoms with Crippen LogP contribution in [-0.4, -0.2) is 15.0 Å². The van der Waals surface area contributed by atoms with Crippen LogP contribution < -0.4 is 0 Å². The fraction of sp³-hybridized carbons (Fsp3) is 0. The van der Waals surface area contributed by atoms with E-state index in [9.17, 15) is 16.4 Å². The van der Waals surface area contributed by atoms with E-state index in [2.05, 4.69) is 15.0 Å². The maximum absolute atomic E-state index is 9.81. The number of nitrogens with zero attached hydrogens (tertiary/aromatic N) is 3. The molecule has 3 heterocycles. The number of rotatable bonds is 6. The van der Waals surface area contributed by atoms with Crippen molar-refractivity contribution in [3.8, 4) is 67.5 Å². The highest BCUT2D eigenvalue weighted by Gasteiger charge is 2.21. The van der Waals surface area contributed by atoms with E-state index in [0.717, 1.165) is 0 Å². The lowest BCUT2D eigenvalue weighted by Gasteiger charge is -2.10. The van der Waals surface area contributed by atoms with Gasteiger partial charge in [0.05, 0.1) is 42.5 Å². The molecule has 262 valence electrons. The Hall–Kier alpha value is -7.21. The van der Waals surface area contributed by atoms with E-state index in [1.54, 1.807) is 0 Å². The van der Waals surface area contributed by atoms with Gasteiger partial charge < -0.3 is 4.42 Å². The van der Waals surface area contributed by atoms with Crippen LogP contribution in [0.15, 0.2) is 192 Å². The molecule has 0 aliphatic carbocycles. The van der Waals surface area contributed by atoms with E-state index in [1.165, 1.54) is 0 Å². The highest BCUT2D eigenvalue weighted by molar-refractivity contribution is 7.26. The number of fused-ring (bicyclic) bond motifs is 6. The summed E-state index contributed by atoms with van der Waals surface area (Å²) < 4.78 is 281. The summed E-state index contributed by atoms with van der Waals surface area (Å²) in [6.07, 6.45) is 0. The third kappa shape index (κ3) is 5.40. The van der Waals surface area contributed by atoms with Crippen LogP contribution in [0.1, 0.15) is 42.5 Å². The summed E-state index contributed by atoms with van der Waals surface area (Å²) in [5.41, 5.74) is -7.69. The van der Waals surface area contributed by atoms with E-state index in [4.69, 9.17) is 30.5 Å². The van der Waals surface area contributed by atoms with Crippen molar-refractivity contribution in [1.29, 1.82) is 0 Å². The quantitative estimate of drug-likeness (QED) is 0.169. The molecule has 0 unspecified atom stereocenters. The molecule has 0 spiro atoms. The van der Waals surface area contributed by atoms with Crippen LogP contribution in [0.4, 0.5) is 0 Å². The van der Waals surface area contributed by atoms with Gasteiger partial charge in [0.25, 0.3) is 0 Å². The van der Waals surface area contributed by atoms with Crippen molar-refractivity contribution in [3.63, 3.8) is 0 Å². The second-order valence-corrected chi connectivity index (χ2v) is 12.6. The van der Waals surface area contributed by atoms with Gasteiger partial charge in [-0.05, 0) is 40.4 Å². The van der Waals surface area contributed by atoms with Crippen LogP contribution in [0, 0.1) is 0 Å². The van der Waals surface area contributed by atoms with E-state index in [-0.39, 0.29) is 9.40 Å². The van der Waals surface area contributed by atoms with Crippen molar-refractivity contribution in [2.24, 2.45) is 0 Å². The van der Waals surface area contributed by atoms with E-state index < -0.39 is 288 Å². The normalized spacial score (nSPS) is 19.3. The van der Waals surface area contributed by atoms with Crippen LogP contribution in [-0.2, 0) is 0 Å². The van der Waals surface area contributed by atoms with Crippen LogP contribution >= 0.6 is 11.3 Å². The third-order valence-corrected chi connectivity index (χ3v) is 9.64. The number of benzene rings is 8. The van der Waals surface area contributed by atoms with Crippen LogP contribution in [0.2, 0.25) is 0 Å². The minimum absolute atomic E-state index is 0.335. The molecule has 8 aromatic carbocycles. The van der Waals surface area contributed by atoms with Crippen LogP contribution in [0.25, 0.3) is 110 Å². The standard InChI is InChI=1S/C51H31N3OS/c1-4-14-32(15-5-1)33-26-28-34(29-27-33)37-30-31-38(46-45(37)42-20-10-11-25-44(42)55-46)39-21-12-22-40-41-23-13-24-43(48(41)56-47(39)40)51-53-49(35-16-6-2-7-17-35)52-50(54-51)36-18-8-3-9-19-36/h1-31H/i1D,2D,3D,4D,5D,6D,7D,8D,9D,10D,11D,12D,13D,14D,15D,16D,17D,18D,19D,20D,21D,22D,23D,24D,25D,26D,27D,28D,29D,30D,31D. The maximum atomic E-state index is 9.81. The molecule has 0 fully saturated rings. The van der Waals surface area contributed by atoms with Crippen molar-refractivity contribution in [1.82, 2.24) is 15.0 Å². The lowest BCUT2D eigenvalue weighted by atomic mass is 9.93. The second-order valence-electron chi connectivity index (χ2n) is 11.6. The summed E-state index contributed by atoms with van der Waals surface area (Å²) in [6.45, 7) is 0. The zero-order valence-electron chi connectivity index (χ0n) is 58.7. The lowest BCUT2D eigenvalue weighted by molar-refractivity contribution is 0.670. The van der Waals surface area contributed by atoms with Gasteiger partial charge in [0, 0.05) is 58.8 Å². The third-order valence-electron chi connectivity index (χ3n) is 8.42. The molecule has 0 N–H and O–H groups in total. The highest BCUT2D eigenvalue weighted by atomic mass is 32.1. The van der Waals surface area contributed by atoms with Gasteiger partial charge in [-0.2, -0.15) is 0 Å². The summed E-state index contributed by atoms with van der Waals surface area (Å²) in [5, 5.41) is -2.03. The predicted molar refractivity (Wildman–Crippen MR) is 233 cm³/mol. The second kappa shape index (κ2) is 13.3. The molecular formula is C51H31N3OS. The average molecular weight is 765 g/mol. The number of hydrogen-bond donors (Lipinski definition) is 0. The zero-order chi connectivity index (χ0) is 64.0. The van der Waals surface area contributed by atoms with Gasteiger partial charge in [-0.15, -0.1) is 11.3 Å². The SMILES string of the molecule is [2H]c1c([2H])c([2H])c(-c2nc(-c3c([2H])c([2H])c([2H])c([2H])c3[2H])nc(-c3c([2H])c([2H])c([2H])c4c3sc3c(-c5c([2H])c([2H])c(-c6c([2H])c([2H])c(-c7c([2H])c([2H])c([2H])c([2H])c7[2H])c([2H])c6[2H])c6c5oc5c([2H])c([2H])c([2H])c([2H])c56)c([2H])c([2H])c([2H])c34)n2)c([2H])c1[2H]. The van der Waals surface area contributed by atoms with E-state index in [1.807, 2.05) is 0 Å². The van der Waals surface area contributed by atoms with Gasteiger partial charge in [0.1, 0.15) is 11.2 Å². The number of hydrogen-bond acceptors (Lipinski definition) is 5. The van der Waals surface area contributed by atoms with Gasteiger partial charge in [0.15, 0.2) is 17.5 Å². The maximum Gasteiger partial charge on any atom is 0.165 e. The summed E-state index contributed by atoms with van der Waals surface area (Å²) in [5.74, 6) is -2.33. The van der Waals surface area contributed by atoms with Crippen molar-refractivity contribution < 1.29 is 46.9 Å². The van der Waals surface area contributed by atoms with Gasteiger partial charge in [0.2, 0.25) is 0 Å². The monoisotopic (exact) mass is 764 g/mol. The Labute approximate surface area is 370 Å². The smallest absolute Gasteiger partial charge is 0.165 e. The first-order valence-electron chi connectivity index (χ1n) is 31.7. The summed E-state index contributed by atoms with van der Waals surface area (Å²) in [7, 11) is 0. The zero-order valence-corrected chi connectivity index (χ0v) is 28.5. The molecule has 0 radical (unpaired) electrons. The Bertz CT molecular complexity index is 4870. The van der Waals surface area contributed by atoms with E-state index >= 15 is 0 Å². The van der Waals surface area contributed by atoms with Crippen molar-refractivity contribution >= 4 is 53.4 Å². The molecule has 0 saturated heterocycles. The molecule has 11 rings (SSSR count). The van der Waals surface area contributed by atoms with Gasteiger partial charge in [-0.25, -0.2) is 15.0 Å². The molecule has 0 bridgehead atoms. The molecule has 0 aliphatic heterocycles. The fourth-order valence-corrected chi connectivity index (χ4v) is 7.21. The minimum Gasteiger partial charge on any atom is -0.455 e. The minimum atomic E-state index is -1.04. The molecule has 0 amide bonds. The topological polar surface area (TPSA) is 51.8 Å².